The first-order valence-electron chi connectivity index (χ1n) is 9.09. The molecule has 2 aromatic carbocycles. The van der Waals surface area contributed by atoms with Crippen molar-refractivity contribution in [1.29, 1.82) is 0 Å². The van der Waals surface area contributed by atoms with E-state index in [2.05, 4.69) is 10.4 Å². The number of benzene rings is 2. The third kappa shape index (κ3) is 4.89. The molecule has 32 heavy (non-hydrogen) atoms. The van der Waals surface area contributed by atoms with E-state index in [9.17, 15) is 31.9 Å². The summed E-state index contributed by atoms with van der Waals surface area (Å²) in [4.78, 5) is 36.3. The fourth-order valence-electron chi connectivity index (χ4n) is 2.78. The average Bonchev–Trinajstić information content (AvgIpc) is 2.77. The highest BCUT2D eigenvalue weighted by Crippen LogP contribution is 2.30. The Morgan fingerprint density at radius 2 is 1.84 bits per heavy atom. The molecule has 1 aromatic heterocycles. The zero-order valence-electron chi connectivity index (χ0n) is 16.1. The fraction of sp³-hybridized carbons (Fsp3) is 0.143. The van der Waals surface area contributed by atoms with Gasteiger partial charge in [0.2, 0.25) is 0 Å². The number of aliphatic hydroxyl groups excluding tert-OH is 1. The minimum Gasteiger partial charge on any atom is -0.394 e. The van der Waals surface area contributed by atoms with E-state index in [4.69, 9.17) is 5.11 Å². The maximum absolute atomic E-state index is 13.7. The SMILES string of the molecule is O=CC(CO)NC(=O)c1cc(-c2ccc(C(F)(F)F)cc2)nn(-c2cccc(F)c2)c1=O. The molecule has 1 heterocycles. The molecule has 0 fully saturated rings. The lowest BCUT2D eigenvalue weighted by Gasteiger charge is -2.13. The highest BCUT2D eigenvalue weighted by atomic mass is 19.4. The highest BCUT2D eigenvalue weighted by Gasteiger charge is 2.30. The van der Waals surface area contributed by atoms with Gasteiger partial charge in [-0.25, -0.2) is 4.39 Å². The van der Waals surface area contributed by atoms with Crippen LogP contribution in [0.4, 0.5) is 17.6 Å². The molecule has 0 radical (unpaired) electrons. The first-order valence-corrected chi connectivity index (χ1v) is 9.09. The van der Waals surface area contributed by atoms with Crippen molar-refractivity contribution in [3.05, 3.63) is 81.9 Å². The Labute approximate surface area is 177 Å². The summed E-state index contributed by atoms with van der Waals surface area (Å²) in [6.45, 7) is -0.718. The lowest BCUT2D eigenvalue weighted by Crippen LogP contribution is -2.42. The van der Waals surface area contributed by atoms with Gasteiger partial charge in [0.15, 0.2) is 0 Å². The second kappa shape index (κ2) is 9.10. The number of aliphatic hydroxyl groups is 1. The molecule has 0 aliphatic carbocycles. The number of carbonyl (C=O) groups is 2. The van der Waals surface area contributed by atoms with Gasteiger partial charge >= 0.3 is 6.18 Å². The van der Waals surface area contributed by atoms with Crippen molar-refractivity contribution >= 4 is 12.2 Å². The van der Waals surface area contributed by atoms with Crippen LogP contribution in [0.25, 0.3) is 16.9 Å². The normalized spacial score (nSPS) is 12.3. The lowest BCUT2D eigenvalue weighted by molar-refractivity contribution is -0.137. The standard InChI is InChI=1S/C21H15F4N3O4/c22-14-2-1-3-16(8-14)28-20(32)17(19(31)26-15(10-29)11-30)9-18(27-28)12-4-6-13(7-5-12)21(23,24)25/h1-10,15,30H,11H2,(H,26,31). The zero-order valence-corrected chi connectivity index (χ0v) is 16.1. The fourth-order valence-corrected chi connectivity index (χ4v) is 2.78. The van der Waals surface area contributed by atoms with Gasteiger partial charge in [-0.3, -0.25) is 9.59 Å². The number of halogens is 4. The minimum atomic E-state index is -4.56. The first kappa shape index (κ1) is 22.8. The molecule has 1 amide bonds. The summed E-state index contributed by atoms with van der Waals surface area (Å²) in [5.74, 6) is -1.72. The smallest absolute Gasteiger partial charge is 0.394 e. The van der Waals surface area contributed by atoms with Crippen LogP contribution in [-0.4, -0.2) is 39.7 Å². The Balaban J connectivity index is 2.17. The molecule has 166 valence electrons. The number of aldehydes is 1. The topological polar surface area (TPSA) is 101 Å². The molecule has 0 spiro atoms. The molecule has 1 unspecified atom stereocenters. The van der Waals surface area contributed by atoms with Crippen molar-refractivity contribution in [2.45, 2.75) is 12.2 Å². The molecular weight excluding hydrogens is 434 g/mol. The van der Waals surface area contributed by atoms with Crippen molar-refractivity contribution in [2.75, 3.05) is 6.61 Å². The Morgan fingerprint density at radius 1 is 1.16 bits per heavy atom. The largest absolute Gasteiger partial charge is 0.416 e. The number of hydrogen-bond donors (Lipinski definition) is 2. The number of nitrogens with one attached hydrogen (secondary N) is 1. The Hall–Kier alpha value is -3.86. The molecule has 0 aliphatic rings. The van der Waals surface area contributed by atoms with Crippen molar-refractivity contribution in [2.24, 2.45) is 0 Å². The lowest BCUT2D eigenvalue weighted by atomic mass is 10.1. The number of hydrogen-bond acceptors (Lipinski definition) is 5. The summed E-state index contributed by atoms with van der Waals surface area (Å²) in [6, 6.07) is 8.33. The monoisotopic (exact) mass is 449 g/mol. The van der Waals surface area contributed by atoms with E-state index in [0.717, 1.165) is 47.1 Å². The molecule has 11 heteroatoms. The Bertz CT molecular complexity index is 1210. The van der Waals surface area contributed by atoms with E-state index in [-0.39, 0.29) is 23.2 Å². The second-order valence-corrected chi connectivity index (χ2v) is 6.61. The molecule has 3 rings (SSSR count). The van der Waals surface area contributed by atoms with Gasteiger partial charge in [-0.1, -0.05) is 18.2 Å². The van der Waals surface area contributed by atoms with E-state index in [1.807, 2.05) is 0 Å². The quantitative estimate of drug-likeness (QED) is 0.445. The molecule has 1 atom stereocenters. The van der Waals surface area contributed by atoms with Gasteiger partial charge < -0.3 is 15.2 Å². The number of amides is 1. The maximum Gasteiger partial charge on any atom is 0.416 e. The van der Waals surface area contributed by atoms with Crippen LogP contribution < -0.4 is 10.9 Å². The Morgan fingerprint density at radius 3 is 2.41 bits per heavy atom. The molecule has 0 aliphatic heterocycles. The molecular formula is C21H15F4N3O4. The second-order valence-electron chi connectivity index (χ2n) is 6.61. The number of aromatic nitrogens is 2. The number of rotatable bonds is 6. The van der Waals surface area contributed by atoms with Crippen LogP contribution in [0.15, 0.2) is 59.4 Å². The van der Waals surface area contributed by atoms with Gasteiger partial charge in [-0.15, -0.1) is 0 Å². The van der Waals surface area contributed by atoms with Crippen LogP contribution in [0.2, 0.25) is 0 Å². The van der Waals surface area contributed by atoms with E-state index in [1.54, 1.807) is 0 Å². The summed E-state index contributed by atoms with van der Waals surface area (Å²) in [7, 11) is 0. The first-order chi connectivity index (χ1) is 15.1. The van der Waals surface area contributed by atoms with Gasteiger partial charge in [-0.2, -0.15) is 23.0 Å². The van der Waals surface area contributed by atoms with Crippen LogP contribution in [0.5, 0.6) is 0 Å². The average molecular weight is 449 g/mol. The summed E-state index contributed by atoms with van der Waals surface area (Å²) in [5, 5.41) is 15.3. The predicted octanol–water partition coefficient (Wildman–Crippen LogP) is 2.35. The number of nitrogens with zero attached hydrogens (tertiary/aromatic N) is 2. The van der Waals surface area contributed by atoms with Gasteiger partial charge in [-0.05, 0) is 36.4 Å². The zero-order chi connectivity index (χ0) is 23.5. The van der Waals surface area contributed by atoms with Crippen molar-refractivity contribution in [3.63, 3.8) is 0 Å². The van der Waals surface area contributed by atoms with Crippen LogP contribution >= 0.6 is 0 Å². The van der Waals surface area contributed by atoms with Crippen LogP contribution in [0.3, 0.4) is 0 Å². The van der Waals surface area contributed by atoms with Gasteiger partial charge in [0.1, 0.15) is 23.7 Å². The third-order valence-corrected chi connectivity index (χ3v) is 4.39. The van der Waals surface area contributed by atoms with Crippen molar-refractivity contribution in [3.8, 4) is 16.9 Å². The number of carbonyl (C=O) groups excluding carboxylic acids is 2. The molecule has 7 nitrogen and oxygen atoms in total. The molecule has 2 N–H and O–H groups in total. The minimum absolute atomic E-state index is 0.0353. The summed E-state index contributed by atoms with van der Waals surface area (Å²) in [5.41, 5.74) is -2.34. The predicted molar refractivity (Wildman–Crippen MR) is 105 cm³/mol. The van der Waals surface area contributed by atoms with Gasteiger partial charge in [0.25, 0.3) is 11.5 Å². The summed E-state index contributed by atoms with van der Waals surface area (Å²) >= 11 is 0. The van der Waals surface area contributed by atoms with Gasteiger partial charge in [0, 0.05) is 5.56 Å². The van der Waals surface area contributed by atoms with Crippen molar-refractivity contribution in [1.82, 2.24) is 15.1 Å². The number of alkyl halides is 3. The highest BCUT2D eigenvalue weighted by molar-refractivity contribution is 5.96. The van der Waals surface area contributed by atoms with Crippen LogP contribution in [0, 0.1) is 5.82 Å². The summed E-state index contributed by atoms with van der Waals surface area (Å²) < 4.78 is 53.0. The molecule has 0 saturated carbocycles. The van der Waals surface area contributed by atoms with E-state index in [0.29, 0.717) is 0 Å². The van der Waals surface area contributed by atoms with Crippen LogP contribution in [0.1, 0.15) is 15.9 Å². The molecule has 3 aromatic rings. The van der Waals surface area contributed by atoms with E-state index < -0.39 is 47.2 Å². The van der Waals surface area contributed by atoms with Crippen molar-refractivity contribution < 1.29 is 32.3 Å². The molecule has 0 bridgehead atoms. The maximum atomic E-state index is 13.7. The van der Waals surface area contributed by atoms with E-state index >= 15 is 0 Å². The van der Waals surface area contributed by atoms with Crippen LogP contribution in [-0.2, 0) is 11.0 Å². The Kier molecular flexibility index (Phi) is 6.49. The third-order valence-electron chi connectivity index (χ3n) is 4.39. The van der Waals surface area contributed by atoms with Gasteiger partial charge in [0.05, 0.1) is 23.6 Å². The van der Waals surface area contributed by atoms with E-state index in [1.165, 1.54) is 12.1 Å². The molecule has 0 saturated heterocycles. The summed E-state index contributed by atoms with van der Waals surface area (Å²) in [6.07, 6.45) is -4.30.